The van der Waals surface area contributed by atoms with Gasteiger partial charge in [0, 0.05) is 19.6 Å². The third kappa shape index (κ3) is 3.47. The predicted octanol–water partition coefficient (Wildman–Crippen LogP) is 1.41. The Balaban J connectivity index is 1.72. The fraction of sp³-hybridized carbons (Fsp3) is 0.500. The summed E-state index contributed by atoms with van der Waals surface area (Å²) < 4.78 is 5.10. The molecule has 1 aromatic carbocycles. The maximum atomic E-state index is 11.8. The number of carbonyl (C=O) groups is 1. The van der Waals surface area contributed by atoms with E-state index in [1.54, 1.807) is 7.11 Å². The number of rotatable bonds is 6. The molecule has 18 heavy (non-hydrogen) atoms. The second kappa shape index (κ2) is 5.87. The van der Waals surface area contributed by atoms with Crippen LogP contribution in [0, 0.1) is 0 Å². The largest absolute Gasteiger partial charge is 0.497 e. The topological polar surface area (TPSA) is 41.6 Å². The van der Waals surface area contributed by atoms with Gasteiger partial charge < -0.3 is 15.0 Å². The number of benzene rings is 1. The fourth-order valence-corrected chi connectivity index (χ4v) is 1.85. The quantitative estimate of drug-likeness (QED) is 0.827. The van der Waals surface area contributed by atoms with Crippen molar-refractivity contribution in [3.8, 4) is 5.75 Å². The van der Waals surface area contributed by atoms with Gasteiger partial charge in [-0.1, -0.05) is 12.1 Å². The summed E-state index contributed by atoms with van der Waals surface area (Å²) in [5.41, 5.74) is 1.15. The van der Waals surface area contributed by atoms with Gasteiger partial charge in [-0.25, -0.2) is 0 Å². The number of amides is 1. The molecular weight excluding hydrogens is 228 g/mol. The molecule has 4 nitrogen and oxygen atoms in total. The zero-order valence-corrected chi connectivity index (χ0v) is 11.0. The standard InChI is InChI=1S/C14H20N2O2/c1-16(12-5-6-12)14(17)10-15-9-11-3-7-13(18-2)8-4-11/h3-4,7-8,12,15H,5-6,9-10H2,1-2H3. The predicted molar refractivity (Wildman–Crippen MR) is 70.5 cm³/mol. The van der Waals surface area contributed by atoms with Gasteiger partial charge in [-0.15, -0.1) is 0 Å². The van der Waals surface area contributed by atoms with Crippen molar-refractivity contribution in [3.05, 3.63) is 29.8 Å². The van der Waals surface area contributed by atoms with Gasteiger partial charge in [-0.3, -0.25) is 4.79 Å². The lowest BCUT2D eigenvalue weighted by atomic mass is 10.2. The Hall–Kier alpha value is -1.55. The number of likely N-dealkylation sites (N-methyl/N-ethyl adjacent to an activating group) is 1. The molecule has 4 heteroatoms. The summed E-state index contributed by atoms with van der Waals surface area (Å²) in [6, 6.07) is 8.34. The molecule has 0 radical (unpaired) electrons. The molecule has 0 aromatic heterocycles. The molecule has 0 unspecified atom stereocenters. The molecule has 1 saturated carbocycles. The van der Waals surface area contributed by atoms with E-state index in [9.17, 15) is 4.79 Å². The number of carbonyl (C=O) groups excluding carboxylic acids is 1. The molecule has 1 fully saturated rings. The maximum absolute atomic E-state index is 11.8. The molecule has 1 N–H and O–H groups in total. The van der Waals surface area contributed by atoms with Crippen molar-refractivity contribution >= 4 is 5.91 Å². The summed E-state index contributed by atoms with van der Waals surface area (Å²) in [6.07, 6.45) is 2.31. The Morgan fingerprint density at radius 1 is 1.39 bits per heavy atom. The number of nitrogens with one attached hydrogen (secondary N) is 1. The second-order valence-electron chi connectivity index (χ2n) is 4.69. The summed E-state index contributed by atoms with van der Waals surface area (Å²) in [4.78, 5) is 13.6. The highest BCUT2D eigenvalue weighted by Gasteiger charge is 2.28. The van der Waals surface area contributed by atoms with Gasteiger partial charge >= 0.3 is 0 Å². The highest BCUT2D eigenvalue weighted by atomic mass is 16.5. The van der Waals surface area contributed by atoms with Crippen LogP contribution in [-0.2, 0) is 11.3 Å². The normalized spacial score (nSPS) is 14.3. The van der Waals surface area contributed by atoms with E-state index in [1.165, 1.54) is 0 Å². The molecular formula is C14H20N2O2. The van der Waals surface area contributed by atoms with Gasteiger partial charge in [0.2, 0.25) is 5.91 Å². The highest BCUT2D eigenvalue weighted by Crippen LogP contribution is 2.25. The summed E-state index contributed by atoms with van der Waals surface area (Å²) in [5, 5.41) is 3.17. The Morgan fingerprint density at radius 3 is 2.61 bits per heavy atom. The fourth-order valence-electron chi connectivity index (χ4n) is 1.85. The lowest BCUT2D eigenvalue weighted by molar-refractivity contribution is -0.129. The van der Waals surface area contributed by atoms with E-state index in [2.05, 4.69) is 5.32 Å². The monoisotopic (exact) mass is 248 g/mol. The van der Waals surface area contributed by atoms with Crippen LogP contribution in [0.2, 0.25) is 0 Å². The van der Waals surface area contributed by atoms with E-state index in [-0.39, 0.29) is 5.91 Å². The van der Waals surface area contributed by atoms with E-state index in [4.69, 9.17) is 4.74 Å². The molecule has 1 aliphatic carbocycles. The minimum absolute atomic E-state index is 0.172. The Bertz CT molecular complexity index is 399. The van der Waals surface area contributed by atoms with E-state index in [0.717, 1.165) is 24.2 Å². The van der Waals surface area contributed by atoms with E-state index < -0.39 is 0 Å². The average molecular weight is 248 g/mol. The van der Waals surface area contributed by atoms with E-state index in [1.807, 2.05) is 36.2 Å². The van der Waals surface area contributed by atoms with Crippen LogP contribution in [0.1, 0.15) is 18.4 Å². The van der Waals surface area contributed by atoms with Gasteiger partial charge in [0.25, 0.3) is 0 Å². The number of ether oxygens (including phenoxy) is 1. The van der Waals surface area contributed by atoms with Crippen molar-refractivity contribution < 1.29 is 9.53 Å². The molecule has 2 rings (SSSR count). The summed E-state index contributed by atoms with van der Waals surface area (Å²) >= 11 is 0. The lowest BCUT2D eigenvalue weighted by Gasteiger charge is -2.16. The first kappa shape index (κ1) is 12.9. The van der Waals surface area contributed by atoms with Gasteiger partial charge in [-0.2, -0.15) is 0 Å². The molecule has 0 aliphatic heterocycles. The summed E-state index contributed by atoms with van der Waals surface area (Å²) in [6.45, 7) is 1.10. The second-order valence-corrected chi connectivity index (χ2v) is 4.69. The molecule has 0 heterocycles. The SMILES string of the molecule is COc1ccc(CNCC(=O)N(C)C2CC2)cc1. The van der Waals surface area contributed by atoms with Crippen molar-refractivity contribution in [2.75, 3.05) is 20.7 Å². The van der Waals surface area contributed by atoms with Crippen molar-refractivity contribution in [2.24, 2.45) is 0 Å². The van der Waals surface area contributed by atoms with Crippen LogP contribution < -0.4 is 10.1 Å². The zero-order valence-electron chi connectivity index (χ0n) is 11.0. The van der Waals surface area contributed by atoms with E-state index in [0.29, 0.717) is 19.1 Å². The van der Waals surface area contributed by atoms with Crippen molar-refractivity contribution in [1.29, 1.82) is 0 Å². The number of methoxy groups -OCH3 is 1. The molecule has 98 valence electrons. The van der Waals surface area contributed by atoms with Crippen molar-refractivity contribution in [2.45, 2.75) is 25.4 Å². The van der Waals surface area contributed by atoms with Crippen LogP contribution >= 0.6 is 0 Å². The maximum Gasteiger partial charge on any atom is 0.236 e. The molecule has 1 amide bonds. The Morgan fingerprint density at radius 2 is 2.06 bits per heavy atom. The number of hydrogen-bond donors (Lipinski definition) is 1. The molecule has 0 bridgehead atoms. The lowest BCUT2D eigenvalue weighted by Crippen LogP contribution is -2.36. The smallest absolute Gasteiger partial charge is 0.236 e. The van der Waals surface area contributed by atoms with Crippen LogP contribution in [0.4, 0.5) is 0 Å². The first-order chi connectivity index (χ1) is 8.70. The van der Waals surface area contributed by atoms with Crippen LogP contribution in [0.25, 0.3) is 0 Å². The zero-order chi connectivity index (χ0) is 13.0. The minimum Gasteiger partial charge on any atom is -0.497 e. The molecule has 1 aliphatic rings. The van der Waals surface area contributed by atoms with E-state index >= 15 is 0 Å². The summed E-state index contributed by atoms with van der Waals surface area (Å²) in [7, 11) is 3.54. The first-order valence-corrected chi connectivity index (χ1v) is 6.30. The Labute approximate surface area is 108 Å². The third-order valence-electron chi connectivity index (χ3n) is 3.25. The van der Waals surface area contributed by atoms with Gasteiger partial charge in [0.15, 0.2) is 0 Å². The van der Waals surface area contributed by atoms with Crippen LogP contribution in [0.3, 0.4) is 0 Å². The van der Waals surface area contributed by atoms with Crippen LogP contribution in [0.15, 0.2) is 24.3 Å². The number of hydrogen-bond acceptors (Lipinski definition) is 3. The van der Waals surface area contributed by atoms with Gasteiger partial charge in [0.05, 0.1) is 13.7 Å². The number of nitrogens with zero attached hydrogens (tertiary/aromatic N) is 1. The summed E-state index contributed by atoms with van der Waals surface area (Å²) in [5.74, 6) is 1.02. The Kier molecular flexibility index (Phi) is 4.20. The minimum atomic E-state index is 0.172. The molecule has 1 aromatic rings. The van der Waals surface area contributed by atoms with Crippen molar-refractivity contribution in [3.63, 3.8) is 0 Å². The average Bonchev–Trinajstić information content (AvgIpc) is 3.23. The molecule has 0 spiro atoms. The highest BCUT2D eigenvalue weighted by molar-refractivity contribution is 5.78. The first-order valence-electron chi connectivity index (χ1n) is 6.30. The van der Waals surface area contributed by atoms with Gasteiger partial charge in [0.1, 0.15) is 5.75 Å². The molecule has 0 saturated heterocycles. The van der Waals surface area contributed by atoms with Gasteiger partial charge in [-0.05, 0) is 30.5 Å². The third-order valence-corrected chi connectivity index (χ3v) is 3.25. The van der Waals surface area contributed by atoms with Crippen LogP contribution in [-0.4, -0.2) is 37.6 Å². The molecule has 0 atom stereocenters. The van der Waals surface area contributed by atoms with Crippen molar-refractivity contribution in [1.82, 2.24) is 10.2 Å². The van der Waals surface area contributed by atoms with Crippen LogP contribution in [0.5, 0.6) is 5.75 Å².